The minimum absolute atomic E-state index is 0.116. The topological polar surface area (TPSA) is 107 Å². The lowest BCUT2D eigenvalue weighted by Gasteiger charge is -2.13. The molecule has 2 N–H and O–H groups in total. The van der Waals surface area contributed by atoms with Gasteiger partial charge < -0.3 is 29.1 Å². The zero-order valence-electron chi connectivity index (χ0n) is 28.5. The van der Waals surface area contributed by atoms with Gasteiger partial charge in [0.05, 0.1) is 35.9 Å². The molecular formula is C43H36INO7. The van der Waals surface area contributed by atoms with Gasteiger partial charge in [0, 0.05) is 23.1 Å². The summed E-state index contributed by atoms with van der Waals surface area (Å²) in [6, 6.07) is 35.9. The summed E-state index contributed by atoms with van der Waals surface area (Å²) >= 11 is 2.18. The number of carbonyl (C=O) groups is 2. The normalized spacial score (nSPS) is 10.7. The van der Waals surface area contributed by atoms with E-state index < -0.39 is 5.97 Å². The third-order valence-corrected chi connectivity index (χ3v) is 8.94. The number of furan rings is 1. The SMILES string of the molecule is COc1ccc(CCCOC(=O)c2c(-c3ccccc3)oc3ccc(Oc4c(I)cc(CC(=O)NCCO)cc4C#Cc4ccccc4)cc23)cc1. The van der Waals surface area contributed by atoms with Gasteiger partial charge in [-0.2, -0.15) is 0 Å². The van der Waals surface area contributed by atoms with Crippen molar-refractivity contribution in [3.63, 3.8) is 0 Å². The molecule has 0 saturated carbocycles. The fraction of sp³-hybridized carbons (Fsp3) is 0.163. The average molecular weight is 806 g/mol. The van der Waals surface area contributed by atoms with Crippen LogP contribution in [-0.4, -0.2) is 43.9 Å². The molecule has 1 heterocycles. The lowest BCUT2D eigenvalue weighted by molar-refractivity contribution is -0.120. The standard InChI is InChI=1S/C43H36INO7/c1-49-34-18-15-30(16-19-34)11-8-24-50-43(48)40-36-28-35(20-21-38(36)52-42(40)32-12-6-3-7-13-32)51-41-33(17-14-29-9-4-2-5-10-29)25-31(26-37(41)44)27-39(47)45-22-23-46/h2-7,9-10,12-13,15-16,18-21,25-26,28,46H,8,11,22-24,27H2,1H3,(H,45,47). The highest BCUT2D eigenvalue weighted by Crippen LogP contribution is 2.38. The molecule has 0 atom stereocenters. The Labute approximate surface area is 315 Å². The van der Waals surface area contributed by atoms with E-state index in [4.69, 9.17) is 23.7 Å². The summed E-state index contributed by atoms with van der Waals surface area (Å²) in [5, 5.41) is 12.4. The van der Waals surface area contributed by atoms with Gasteiger partial charge in [-0.15, -0.1) is 0 Å². The molecule has 0 spiro atoms. The number of halogens is 1. The highest BCUT2D eigenvalue weighted by atomic mass is 127. The van der Waals surface area contributed by atoms with Crippen molar-refractivity contribution in [2.24, 2.45) is 0 Å². The average Bonchev–Trinajstić information content (AvgIpc) is 3.56. The molecule has 9 heteroatoms. The number of nitrogens with one attached hydrogen (secondary N) is 1. The fourth-order valence-electron chi connectivity index (χ4n) is 5.61. The van der Waals surface area contributed by atoms with Gasteiger partial charge in [0.15, 0.2) is 5.75 Å². The molecule has 0 fully saturated rings. The van der Waals surface area contributed by atoms with Crippen LogP contribution in [0.5, 0.6) is 17.2 Å². The van der Waals surface area contributed by atoms with Gasteiger partial charge >= 0.3 is 5.97 Å². The van der Waals surface area contributed by atoms with E-state index in [-0.39, 0.29) is 32.1 Å². The Balaban J connectivity index is 1.31. The van der Waals surface area contributed by atoms with Crippen molar-refractivity contribution in [3.05, 3.63) is 147 Å². The summed E-state index contributed by atoms with van der Waals surface area (Å²) in [4.78, 5) is 26.3. The van der Waals surface area contributed by atoms with Crippen molar-refractivity contribution in [1.82, 2.24) is 5.32 Å². The van der Waals surface area contributed by atoms with Crippen molar-refractivity contribution in [2.75, 3.05) is 26.9 Å². The molecular weight excluding hydrogens is 769 g/mol. The van der Waals surface area contributed by atoms with Crippen LogP contribution in [0.3, 0.4) is 0 Å². The number of aliphatic hydroxyl groups excluding tert-OH is 1. The van der Waals surface area contributed by atoms with Gasteiger partial charge in [-0.3, -0.25) is 4.79 Å². The molecule has 262 valence electrons. The Hall–Kier alpha value is -5.57. The molecule has 0 radical (unpaired) electrons. The zero-order chi connectivity index (χ0) is 36.3. The lowest BCUT2D eigenvalue weighted by atomic mass is 10.0. The van der Waals surface area contributed by atoms with Crippen LogP contribution >= 0.6 is 22.6 Å². The van der Waals surface area contributed by atoms with Gasteiger partial charge in [0.2, 0.25) is 5.91 Å². The number of benzene rings is 5. The highest BCUT2D eigenvalue weighted by Gasteiger charge is 2.24. The van der Waals surface area contributed by atoms with E-state index in [0.717, 1.165) is 38.0 Å². The van der Waals surface area contributed by atoms with Crippen LogP contribution in [0.15, 0.2) is 120 Å². The van der Waals surface area contributed by atoms with Crippen LogP contribution < -0.4 is 14.8 Å². The molecule has 52 heavy (non-hydrogen) atoms. The number of ether oxygens (including phenoxy) is 3. The van der Waals surface area contributed by atoms with E-state index in [9.17, 15) is 9.59 Å². The molecule has 1 amide bonds. The maximum absolute atomic E-state index is 13.8. The number of aliphatic hydroxyl groups is 1. The molecule has 0 bridgehead atoms. The summed E-state index contributed by atoms with van der Waals surface area (Å²) in [5.74, 6) is 7.92. The van der Waals surface area contributed by atoms with Crippen molar-refractivity contribution >= 4 is 45.4 Å². The van der Waals surface area contributed by atoms with Crippen LogP contribution in [0, 0.1) is 15.4 Å². The minimum Gasteiger partial charge on any atom is -0.497 e. The maximum atomic E-state index is 13.8. The molecule has 6 rings (SSSR count). The fourth-order valence-corrected chi connectivity index (χ4v) is 6.41. The first-order chi connectivity index (χ1) is 25.4. The second-order valence-electron chi connectivity index (χ2n) is 11.8. The Kier molecular flexibility index (Phi) is 12.2. The van der Waals surface area contributed by atoms with Crippen molar-refractivity contribution in [2.45, 2.75) is 19.3 Å². The van der Waals surface area contributed by atoms with Gasteiger partial charge in [-0.05, 0) is 101 Å². The van der Waals surface area contributed by atoms with Crippen molar-refractivity contribution < 1.29 is 33.3 Å². The Morgan fingerprint density at radius 1 is 0.846 bits per heavy atom. The number of esters is 1. The smallest absolute Gasteiger partial charge is 0.342 e. The molecule has 0 aliphatic carbocycles. The number of amides is 1. The first-order valence-electron chi connectivity index (χ1n) is 16.8. The van der Waals surface area contributed by atoms with Gasteiger partial charge in [0.1, 0.15) is 28.4 Å². The molecule has 6 aromatic rings. The van der Waals surface area contributed by atoms with E-state index >= 15 is 0 Å². The van der Waals surface area contributed by atoms with Gasteiger partial charge in [-0.25, -0.2) is 4.79 Å². The predicted molar refractivity (Wildman–Crippen MR) is 209 cm³/mol. The third-order valence-electron chi connectivity index (χ3n) is 8.14. The summed E-state index contributed by atoms with van der Waals surface area (Å²) in [5.41, 5.74) is 4.87. The predicted octanol–water partition coefficient (Wildman–Crippen LogP) is 8.35. The molecule has 8 nitrogen and oxygen atoms in total. The molecule has 1 aromatic heterocycles. The summed E-state index contributed by atoms with van der Waals surface area (Å²) in [7, 11) is 1.64. The second-order valence-corrected chi connectivity index (χ2v) is 13.0. The monoisotopic (exact) mass is 805 g/mol. The highest BCUT2D eigenvalue weighted by molar-refractivity contribution is 14.1. The van der Waals surface area contributed by atoms with Crippen molar-refractivity contribution in [1.29, 1.82) is 0 Å². The molecule has 0 aliphatic rings. The third kappa shape index (κ3) is 9.20. The first kappa shape index (κ1) is 36.2. The molecule has 0 aliphatic heterocycles. The second kappa shape index (κ2) is 17.6. The van der Waals surface area contributed by atoms with E-state index in [1.165, 1.54) is 0 Å². The van der Waals surface area contributed by atoms with Crippen LogP contribution in [0.25, 0.3) is 22.3 Å². The Morgan fingerprint density at radius 3 is 2.31 bits per heavy atom. The Bertz CT molecular complexity index is 2220. The van der Waals surface area contributed by atoms with Gasteiger partial charge in [-0.1, -0.05) is 72.5 Å². The van der Waals surface area contributed by atoms with Crippen LogP contribution in [0.2, 0.25) is 0 Å². The summed E-state index contributed by atoms with van der Waals surface area (Å²) in [6.07, 6.45) is 1.51. The van der Waals surface area contributed by atoms with E-state index in [2.05, 4.69) is 39.7 Å². The minimum atomic E-state index is -0.489. The zero-order valence-corrected chi connectivity index (χ0v) is 30.6. The van der Waals surface area contributed by atoms with E-state index in [1.807, 2.05) is 97.1 Å². The number of hydrogen-bond acceptors (Lipinski definition) is 7. The quantitative estimate of drug-likeness (QED) is 0.0523. The van der Waals surface area contributed by atoms with Crippen LogP contribution in [-0.2, 0) is 22.4 Å². The van der Waals surface area contributed by atoms with Crippen molar-refractivity contribution in [3.8, 4) is 40.4 Å². The number of aryl methyl sites for hydroxylation is 1. The van der Waals surface area contributed by atoms with Gasteiger partial charge in [0.25, 0.3) is 0 Å². The maximum Gasteiger partial charge on any atom is 0.342 e. The molecule has 0 saturated heterocycles. The number of hydrogen-bond donors (Lipinski definition) is 2. The number of carbonyl (C=O) groups excluding carboxylic acids is 2. The lowest BCUT2D eigenvalue weighted by Crippen LogP contribution is -2.27. The Morgan fingerprint density at radius 2 is 1.58 bits per heavy atom. The van der Waals surface area contributed by atoms with Crippen LogP contribution in [0.4, 0.5) is 0 Å². The summed E-state index contributed by atoms with van der Waals surface area (Å²) < 4.78 is 24.6. The number of methoxy groups -OCH3 is 1. The van der Waals surface area contributed by atoms with E-state index in [1.54, 1.807) is 25.3 Å². The summed E-state index contributed by atoms with van der Waals surface area (Å²) in [6.45, 7) is 0.273. The largest absolute Gasteiger partial charge is 0.497 e. The number of rotatable bonds is 13. The molecule has 5 aromatic carbocycles. The van der Waals surface area contributed by atoms with Crippen LogP contribution in [0.1, 0.15) is 39.0 Å². The number of fused-ring (bicyclic) bond motifs is 1. The van der Waals surface area contributed by atoms with E-state index in [0.29, 0.717) is 45.8 Å². The first-order valence-corrected chi connectivity index (χ1v) is 17.9. The molecule has 0 unspecified atom stereocenters.